The molecule has 4 rings (SSSR count). The third-order valence-corrected chi connectivity index (χ3v) is 6.54. The third kappa shape index (κ3) is 1.89. The Morgan fingerprint density at radius 1 is 1.25 bits per heavy atom. The van der Waals surface area contributed by atoms with Crippen LogP contribution in [0, 0.1) is 17.8 Å². The van der Waals surface area contributed by atoms with Crippen molar-refractivity contribution in [1.82, 2.24) is 0 Å². The van der Waals surface area contributed by atoms with Gasteiger partial charge in [0.1, 0.15) is 11.4 Å². The highest BCUT2D eigenvalue weighted by Gasteiger charge is 2.70. The molecular formula is C20H26O4. The van der Waals surface area contributed by atoms with Crippen LogP contribution in [0.5, 0.6) is 0 Å². The van der Waals surface area contributed by atoms with Gasteiger partial charge in [0, 0.05) is 11.5 Å². The molecule has 24 heavy (non-hydrogen) atoms. The summed E-state index contributed by atoms with van der Waals surface area (Å²) in [6, 6.07) is 0. The Morgan fingerprint density at radius 3 is 2.58 bits per heavy atom. The first-order chi connectivity index (χ1) is 11.4. The number of ketones is 2. The molecule has 2 heterocycles. The minimum absolute atomic E-state index is 0.00507. The van der Waals surface area contributed by atoms with Crippen LogP contribution in [0.1, 0.15) is 52.9 Å². The van der Waals surface area contributed by atoms with E-state index in [1.807, 2.05) is 6.08 Å². The summed E-state index contributed by atoms with van der Waals surface area (Å²) in [7, 11) is 0. The summed E-state index contributed by atoms with van der Waals surface area (Å²) in [6.07, 6.45) is 9.19. The highest BCUT2D eigenvalue weighted by atomic mass is 16.6. The van der Waals surface area contributed by atoms with Crippen LogP contribution in [-0.4, -0.2) is 29.4 Å². The number of hydrogen-bond donors (Lipinski definition) is 0. The van der Waals surface area contributed by atoms with Crippen molar-refractivity contribution < 1.29 is 19.1 Å². The summed E-state index contributed by atoms with van der Waals surface area (Å²) in [5.74, 6) is 0.926. The molecule has 0 aromatic rings. The van der Waals surface area contributed by atoms with Crippen LogP contribution in [-0.2, 0) is 19.1 Å². The average molecular weight is 330 g/mol. The van der Waals surface area contributed by atoms with Gasteiger partial charge in [-0.1, -0.05) is 33.1 Å². The van der Waals surface area contributed by atoms with E-state index in [0.717, 1.165) is 24.2 Å². The lowest BCUT2D eigenvalue weighted by atomic mass is 9.65. The predicted molar refractivity (Wildman–Crippen MR) is 89.3 cm³/mol. The Morgan fingerprint density at radius 2 is 1.96 bits per heavy atom. The van der Waals surface area contributed by atoms with E-state index in [1.54, 1.807) is 13.0 Å². The van der Waals surface area contributed by atoms with E-state index in [0.29, 0.717) is 0 Å². The summed E-state index contributed by atoms with van der Waals surface area (Å²) in [6.45, 7) is 5.99. The van der Waals surface area contributed by atoms with Crippen molar-refractivity contribution in [2.45, 2.75) is 64.1 Å². The second-order valence-corrected chi connectivity index (χ2v) is 8.09. The molecule has 4 nitrogen and oxygen atoms in total. The molecule has 4 aliphatic rings. The second kappa shape index (κ2) is 5.29. The first-order valence-corrected chi connectivity index (χ1v) is 9.24. The van der Waals surface area contributed by atoms with E-state index >= 15 is 0 Å². The van der Waals surface area contributed by atoms with Crippen LogP contribution in [0.2, 0.25) is 0 Å². The molecule has 0 unspecified atom stereocenters. The van der Waals surface area contributed by atoms with Gasteiger partial charge in [-0.15, -0.1) is 0 Å². The van der Waals surface area contributed by atoms with Crippen molar-refractivity contribution in [3.63, 3.8) is 0 Å². The van der Waals surface area contributed by atoms with Gasteiger partial charge in [0.25, 0.3) is 0 Å². The van der Waals surface area contributed by atoms with Crippen LogP contribution in [0.3, 0.4) is 0 Å². The Bertz CT molecular complexity index is 653. The van der Waals surface area contributed by atoms with Gasteiger partial charge in [-0.25, -0.2) is 0 Å². The lowest BCUT2D eigenvalue weighted by Crippen LogP contribution is -2.51. The van der Waals surface area contributed by atoms with Gasteiger partial charge in [-0.3, -0.25) is 9.59 Å². The predicted octanol–water partition coefficient (Wildman–Crippen LogP) is 3.36. The van der Waals surface area contributed by atoms with Crippen LogP contribution < -0.4 is 0 Å². The standard InChI is InChI=1S/C20H26O4/c1-12(2)19-10-9-15(22)16-17(14-7-5-4-6-8-14)24-20(11-23-19,13(3)21)18(16)19/h9-10,12,14,18H,4-8,11H2,1-3H3/t18-,19-,20-/m1/s1. The third-order valence-electron chi connectivity index (χ3n) is 6.54. The maximum Gasteiger partial charge on any atom is 0.199 e. The van der Waals surface area contributed by atoms with E-state index in [9.17, 15) is 9.59 Å². The van der Waals surface area contributed by atoms with Crippen LogP contribution in [0.25, 0.3) is 0 Å². The highest BCUT2D eigenvalue weighted by molar-refractivity contribution is 6.08. The molecule has 130 valence electrons. The van der Waals surface area contributed by atoms with Gasteiger partial charge in [-0.2, -0.15) is 0 Å². The molecule has 2 aliphatic heterocycles. The molecule has 2 aliphatic carbocycles. The number of ether oxygens (including phenoxy) is 2. The van der Waals surface area contributed by atoms with Gasteiger partial charge < -0.3 is 9.47 Å². The summed E-state index contributed by atoms with van der Waals surface area (Å²) in [4.78, 5) is 25.4. The van der Waals surface area contributed by atoms with E-state index in [1.165, 1.54) is 19.3 Å². The second-order valence-electron chi connectivity index (χ2n) is 8.09. The Balaban J connectivity index is 1.88. The minimum atomic E-state index is -1.01. The van der Waals surface area contributed by atoms with E-state index in [-0.39, 0.29) is 35.9 Å². The van der Waals surface area contributed by atoms with E-state index in [4.69, 9.17) is 9.47 Å². The van der Waals surface area contributed by atoms with Crippen molar-refractivity contribution >= 4 is 11.6 Å². The van der Waals surface area contributed by atoms with E-state index < -0.39 is 11.2 Å². The molecule has 0 bridgehead atoms. The number of carbonyl (C=O) groups excluding carboxylic acids is 2. The Hall–Kier alpha value is -1.42. The zero-order valence-electron chi connectivity index (χ0n) is 14.8. The quantitative estimate of drug-likeness (QED) is 0.796. The number of allylic oxidation sites excluding steroid dienone is 2. The first-order valence-electron chi connectivity index (χ1n) is 9.24. The fraction of sp³-hybridized carbons (Fsp3) is 0.700. The van der Waals surface area contributed by atoms with Crippen molar-refractivity contribution in [2.24, 2.45) is 17.8 Å². The van der Waals surface area contributed by atoms with Gasteiger partial charge >= 0.3 is 0 Å². The number of rotatable bonds is 3. The molecule has 2 fully saturated rings. The molecule has 0 radical (unpaired) electrons. The van der Waals surface area contributed by atoms with Crippen LogP contribution in [0.4, 0.5) is 0 Å². The van der Waals surface area contributed by atoms with E-state index in [2.05, 4.69) is 13.8 Å². The van der Waals surface area contributed by atoms with Gasteiger partial charge in [0.2, 0.25) is 0 Å². The summed E-state index contributed by atoms with van der Waals surface area (Å²) >= 11 is 0. The SMILES string of the molecule is CC(=O)[C@@]12CO[C@@]3(C(C)C)C=CC(=O)C(=C(C4CCCCC4)O1)[C@@H]23. The molecule has 3 atom stereocenters. The molecule has 0 aromatic heterocycles. The maximum atomic E-state index is 12.8. The maximum absolute atomic E-state index is 12.8. The fourth-order valence-electron chi connectivity index (χ4n) is 5.14. The van der Waals surface area contributed by atoms with Crippen LogP contribution in [0.15, 0.2) is 23.5 Å². The average Bonchev–Trinajstić information content (AvgIpc) is 3.09. The van der Waals surface area contributed by atoms with Crippen LogP contribution >= 0.6 is 0 Å². The van der Waals surface area contributed by atoms with Gasteiger partial charge in [0.05, 0.1) is 12.5 Å². The summed E-state index contributed by atoms with van der Waals surface area (Å²) in [5.41, 5.74) is -0.885. The molecule has 1 saturated carbocycles. The zero-order chi connectivity index (χ0) is 17.1. The smallest absolute Gasteiger partial charge is 0.199 e. The highest BCUT2D eigenvalue weighted by Crippen LogP contribution is 2.59. The topological polar surface area (TPSA) is 52.6 Å². The fourth-order valence-corrected chi connectivity index (χ4v) is 5.14. The van der Waals surface area contributed by atoms with Crippen molar-refractivity contribution in [2.75, 3.05) is 6.61 Å². The number of carbonyl (C=O) groups is 2. The first kappa shape index (κ1) is 16.1. The lowest BCUT2D eigenvalue weighted by Gasteiger charge is -2.38. The number of hydrogen-bond acceptors (Lipinski definition) is 4. The summed E-state index contributed by atoms with van der Waals surface area (Å²) < 4.78 is 12.5. The normalized spacial score (nSPS) is 38.7. The minimum Gasteiger partial charge on any atom is -0.480 e. The summed E-state index contributed by atoms with van der Waals surface area (Å²) in [5, 5.41) is 0. The van der Waals surface area contributed by atoms with Gasteiger partial charge in [-0.05, 0) is 37.8 Å². The molecule has 1 saturated heterocycles. The zero-order valence-corrected chi connectivity index (χ0v) is 14.8. The molecule has 0 aromatic carbocycles. The Kier molecular flexibility index (Phi) is 3.54. The molecule has 0 amide bonds. The van der Waals surface area contributed by atoms with Crippen molar-refractivity contribution in [3.05, 3.63) is 23.5 Å². The van der Waals surface area contributed by atoms with Crippen molar-refractivity contribution in [3.8, 4) is 0 Å². The molecule has 4 heteroatoms. The Labute approximate surface area is 143 Å². The van der Waals surface area contributed by atoms with Gasteiger partial charge in [0.15, 0.2) is 17.2 Å². The lowest BCUT2D eigenvalue weighted by molar-refractivity contribution is -0.138. The molecule has 0 spiro atoms. The monoisotopic (exact) mass is 330 g/mol. The largest absolute Gasteiger partial charge is 0.480 e. The van der Waals surface area contributed by atoms with Crippen molar-refractivity contribution in [1.29, 1.82) is 0 Å². The molecular weight excluding hydrogens is 304 g/mol. The number of Topliss-reactive ketones (excluding diaryl/α,β-unsaturated/α-hetero) is 1. The molecule has 0 N–H and O–H groups in total.